The molecule has 0 saturated carbocycles. The molecule has 5 nitrogen and oxygen atoms in total. The number of carboxylic acid groups (broad SMARTS) is 1. The molecule has 0 aliphatic carbocycles. The number of hydrogen-bond acceptors (Lipinski definition) is 4. The first-order valence-electron chi connectivity index (χ1n) is 5.21. The van der Waals surface area contributed by atoms with E-state index in [1.54, 1.807) is 12.4 Å². The molecule has 0 bridgehead atoms. The van der Waals surface area contributed by atoms with Gasteiger partial charge in [0, 0.05) is 25.0 Å². The number of hydrogen-bond donors (Lipinski definition) is 2. The molecular formula is C12H10BrN3O2. The van der Waals surface area contributed by atoms with Crippen LogP contribution in [0.5, 0.6) is 0 Å². The van der Waals surface area contributed by atoms with Crippen LogP contribution in [-0.2, 0) is 4.79 Å². The van der Waals surface area contributed by atoms with E-state index >= 15 is 0 Å². The molecular weight excluding hydrogens is 298 g/mol. The summed E-state index contributed by atoms with van der Waals surface area (Å²) in [5.41, 5.74) is 2.42. The minimum Gasteiger partial charge on any atom is -0.478 e. The molecule has 0 aliphatic heterocycles. The van der Waals surface area contributed by atoms with Gasteiger partial charge in [-0.1, -0.05) is 6.08 Å². The second kappa shape index (κ2) is 5.59. The maximum atomic E-state index is 10.3. The first-order valence-corrected chi connectivity index (χ1v) is 6.00. The van der Waals surface area contributed by atoms with Gasteiger partial charge >= 0.3 is 5.97 Å². The molecule has 2 aromatic rings. The van der Waals surface area contributed by atoms with Crippen molar-refractivity contribution in [2.24, 2.45) is 0 Å². The van der Waals surface area contributed by atoms with Gasteiger partial charge in [0.2, 0.25) is 0 Å². The van der Waals surface area contributed by atoms with E-state index in [0.717, 1.165) is 27.3 Å². The second-order valence-electron chi connectivity index (χ2n) is 3.47. The maximum Gasteiger partial charge on any atom is 0.328 e. The number of aliphatic carboxylic acids is 1. The van der Waals surface area contributed by atoms with Crippen LogP contribution in [0.25, 0.3) is 11.0 Å². The van der Waals surface area contributed by atoms with Gasteiger partial charge in [-0.05, 0) is 28.1 Å². The molecule has 0 saturated heterocycles. The van der Waals surface area contributed by atoms with Crippen molar-refractivity contribution in [3.8, 4) is 0 Å². The Hall–Kier alpha value is -1.95. The summed E-state index contributed by atoms with van der Waals surface area (Å²) in [7, 11) is 0. The van der Waals surface area contributed by atoms with Crippen LogP contribution in [0, 0.1) is 0 Å². The Morgan fingerprint density at radius 1 is 1.39 bits per heavy atom. The summed E-state index contributed by atoms with van der Waals surface area (Å²) in [6.07, 6.45) is 5.90. The van der Waals surface area contributed by atoms with Gasteiger partial charge in [0.15, 0.2) is 0 Å². The number of nitrogens with one attached hydrogen (secondary N) is 1. The molecule has 0 unspecified atom stereocenters. The first kappa shape index (κ1) is 12.5. The van der Waals surface area contributed by atoms with Crippen LogP contribution in [0.15, 0.2) is 41.2 Å². The highest BCUT2D eigenvalue weighted by Crippen LogP contribution is 2.28. The summed E-state index contributed by atoms with van der Waals surface area (Å²) in [6.45, 7) is 0.427. The third kappa shape index (κ3) is 2.84. The SMILES string of the molecule is O=C(O)/C=C/CNc1ccc2nccnc2c1Br. The molecule has 18 heavy (non-hydrogen) atoms. The van der Waals surface area contributed by atoms with Crippen LogP contribution >= 0.6 is 15.9 Å². The third-order valence-electron chi connectivity index (χ3n) is 2.25. The Labute approximate surface area is 112 Å². The lowest BCUT2D eigenvalue weighted by Crippen LogP contribution is -2.01. The Kier molecular flexibility index (Phi) is 3.88. The van der Waals surface area contributed by atoms with Gasteiger partial charge < -0.3 is 10.4 Å². The van der Waals surface area contributed by atoms with E-state index in [4.69, 9.17) is 5.11 Å². The molecule has 0 fully saturated rings. The maximum absolute atomic E-state index is 10.3. The number of aromatic nitrogens is 2. The van der Waals surface area contributed by atoms with Gasteiger partial charge in [0.1, 0.15) is 5.52 Å². The van der Waals surface area contributed by atoms with Gasteiger partial charge in [-0.3, -0.25) is 9.97 Å². The lowest BCUT2D eigenvalue weighted by Gasteiger charge is -2.07. The minimum absolute atomic E-state index is 0.427. The van der Waals surface area contributed by atoms with E-state index in [1.165, 1.54) is 6.08 Å². The first-order chi connectivity index (χ1) is 8.68. The van der Waals surface area contributed by atoms with Crippen molar-refractivity contribution >= 4 is 38.6 Å². The van der Waals surface area contributed by atoms with Crippen molar-refractivity contribution in [1.82, 2.24) is 9.97 Å². The van der Waals surface area contributed by atoms with Crippen molar-refractivity contribution in [2.45, 2.75) is 0 Å². The molecule has 0 amide bonds. The number of fused-ring (bicyclic) bond motifs is 1. The molecule has 92 valence electrons. The zero-order valence-corrected chi connectivity index (χ0v) is 10.9. The fourth-order valence-electron chi connectivity index (χ4n) is 1.47. The van der Waals surface area contributed by atoms with Gasteiger partial charge in [0.05, 0.1) is 15.7 Å². The predicted molar refractivity (Wildman–Crippen MR) is 72.5 cm³/mol. The van der Waals surface area contributed by atoms with E-state index < -0.39 is 5.97 Å². The van der Waals surface area contributed by atoms with E-state index in [2.05, 4.69) is 31.2 Å². The van der Waals surface area contributed by atoms with Crippen molar-refractivity contribution in [2.75, 3.05) is 11.9 Å². The number of nitrogens with zero attached hydrogens (tertiary/aromatic N) is 2. The molecule has 1 aromatic carbocycles. The zero-order chi connectivity index (χ0) is 13.0. The van der Waals surface area contributed by atoms with Gasteiger partial charge in [0.25, 0.3) is 0 Å². The lowest BCUT2D eigenvalue weighted by molar-refractivity contribution is -0.131. The zero-order valence-electron chi connectivity index (χ0n) is 9.30. The Morgan fingerprint density at radius 2 is 2.17 bits per heavy atom. The predicted octanol–water partition coefficient (Wildman–Crippen LogP) is 2.45. The Balaban J connectivity index is 2.19. The van der Waals surface area contributed by atoms with Crippen LogP contribution in [0.4, 0.5) is 5.69 Å². The van der Waals surface area contributed by atoms with E-state index in [9.17, 15) is 4.79 Å². The number of anilines is 1. The third-order valence-corrected chi connectivity index (χ3v) is 3.05. The van der Waals surface area contributed by atoms with Crippen LogP contribution in [0.2, 0.25) is 0 Å². The molecule has 0 spiro atoms. The molecule has 1 heterocycles. The van der Waals surface area contributed by atoms with Gasteiger partial charge in [-0.25, -0.2) is 4.79 Å². The van der Waals surface area contributed by atoms with E-state index in [1.807, 2.05) is 12.1 Å². The number of rotatable bonds is 4. The van der Waals surface area contributed by atoms with Crippen molar-refractivity contribution in [1.29, 1.82) is 0 Å². The Bertz CT molecular complexity index is 613. The van der Waals surface area contributed by atoms with E-state index in [0.29, 0.717) is 6.54 Å². The van der Waals surface area contributed by atoms with Crippen LogP contribution in [-0.4, -0.2) is 27.6 Å². The smallest absolute Gasteiger partial charge is 0.328 e. The molecule has 0 radical (unpaired) electrons. The van der Waals surface area contributed by atoms with Crippen LogP contribution in [0.3, 0.4) is 0 Å². The molecule has 0 atom stereocenters. The molecule has 1 aromatic heterocycles. The minimum atomic E-state index is -0.958. The van der Waals surface area contributed by atoms with Crippen molar-refractivity contribution < 1.29 is 9.90 Å². The average Bonchev–Trinajstić information content (AvgIpc) is 2.37. The quantitative estimate of drug-likeness (QED) is 0.849. The number of carbonyl (C=O) groups is 1. The summed E-state index contributed by atoms with van der Waals surface area (Å²) in [6, 6.07) is 3.73. The van der Waals surface area contributed by atoms with Crippen molar-refractivity contribution in [3.63, 3.8) is 0 Å². The number of carboxylic acids is 1. The molecule has 0 aliphatic rings. The molecule has 2 N–H and O–H groups in total. The second-order valence-corrected chi connectivity index (χ2v) is 4.27. The fraction of sp³-hybridized carbons (Fsp3) is 0.0833. The number of benzene rings is 1. The van der Waals surface area contributed by atoms with Gasteiger partial charge in [-0.2, -0.15) is 0 Å². The highest BCUT2D eigenvalue weighted by atomic mass is 79.9. The topological polar surface area (TPSA) is 75.1 Å². The standard InChI is InChI=1S/C12H10BrN3O2/c13-11-8(14-5-1-2-10(17)18)3-4-9-12(11)16-7-6-15-9/h1-4,6-7,14H,5H2,(H,17,18)/b2-1+. The monoisotopic (exact) mass is 307 g/mol. The van der Waals surface area contributed by atoms with Gasteiger partial charge in [-0.15, -0.1) is 0 Å². The fourth-order valence-corrected chi connectivity index (χ4v) is 2.05. The summed E-state index contributed by atoms with van der Waals surface area (Å²) in [4.78, 5) is 18.7. The van der Waals surface area contributed by atoms with Crippen LogP contribution in [0.1, 0.15) is 0 Å². The number of halogens is 1. The summed E-state index contributed by atoms with van der Waals surface area (Å²) >= 11 is 3.46. The summed E-state index contributed by atoms with van der Waals surface area (Å²) in [5, 5.41) is 11.6. The van der Waals surface area contributed by atoms with Crippen molar-refractivity contribution in [3.05, 3.63) is 41.2 Å². The molecule has 6 heteroatoms. The average molecular weight is 308 g/mol. The molecule has 2 rings (SSSR count). The lowest BCUT2D eigenvalue weighted by atomic mass is 10.2. The summed E-state index contributed by atoms with van der Waals surface area (Å²) in [5.74, 6) is -0.958. The van der Waals surface area contributed by atoms with Crippen LogP contribution < -0.4 is 5.32 Å². The highest BCUT2D eigenvalue weighted by molar-refractivity contribution is 9.10. The summed E-state index contributed by atoms with van der Waals surface area (Å²) < 4.78 is 0.817. The van der Waals surface area contributed by atoms with E-state index in [-0.39, 0.29) is 0 Å². The highest BCUT2D eigenvalue weighted by Gasteiger charge is 2.05. The normalized spacial score (nSPS) is 10.9. The largest absolute Gasteiger partial charge is 0.478 e. The Morgan fingerprint density at radius 3 is 2.94 bits per heavy atom.